The van der Waals surface area contributed by atoms with Gasteiger partial charge in [0.1, 0.15) is 17.1 Å². The first-order valence-electron chi connectivity index (χ1n) is 9.20. The Morgan fingerprint density at radius 1 is 1.33 bits per heavy atom. The summed E-state index contributed by atoms with van der Waals surface area (Å²) < 4.78 is 6.32. The predicted octanol–water partition coefficient (Wildman–Crippen LogP) is 4.71. The van der Waals surface area contributed by atoms with Gasteiger partial charge in [-0.1, -0.05) is 25.0 Å². The Balaban J connectivity index is 1.97. The third-order valence-electron chi connectivity index (χ3n) is 5.66. The first kappa shape index (κ1) is 17.3. The van der Waals surface area contributed by atoms with Crippen molar-refractivity contribution in [3.05, 3.63) is 34.9 Å². The second-order valence-corrected chi connectivity index (χ2v) is 8.08. The summed E-state index contributed by atoms with van der Waals surface area (Å²) in [6.07, 6.45) is 6.22. The van der Waals surface area contributed by atoms with Gasteiger partial charge in [0.25, 0.3) is 0 Å². The predicted molar refractivity (Wildman–Crippen MR) is 96.7 cm³/mol. The number of phenols is 1. The minimum absolute atomic E-state index is 0.248. The molecule has 0 amide bonds. The lowest BCUT2D eigenvalue weighted by Gasteiger charge is -2.47. The first-order chi connectivity index (χ1) is 11.3. The summed E-state index contributed by atoms with van der Waals surface area (Å²) in [5, 5.41) is 20.8. The molecule has 0 saturated carbocycles. The number of ether oxygens (including phenoxy) is 1. The zero-order valence-corrected chi connectivity index (χ0v) is 15.3. The van der Waals surface area contributed by atoms with Crippen LogP contribution in [-0.4, -0.2) is 21.9 Å². The van der Waals surface area contributed by atoms with Crippen LogP contribution in [0.1, 0.15) is 70.4 Å². The van der Waals surface area contributed by atoms with Crippen molar-refractivity contribution < 1.29 is 14.9 Å². The molecule has 132 valence electrons. The number of hydrogen-bond acceptors (Lipinski definition) is 3. The van der Waals surface area contributed by atoms with Gasteiger partial charge in [-0.2, -0.15) is 0 Å². The van der Waals surface area contributed by atoms with Crippen LogP contribution in [0.15, 0.2) is 23.8 Å². The Hall–Kier alpha value is -1.48. The normalized spacial score (nSPS) is 26.0. The van der Waals surface area contributed by atoms with Crippen molar-refractivity contribution >= 4 is 0 Å². The molecule has 0 saturated heterocycles. The standard InChI is InChI=1S/C21H30O3/c1-5-6-15(22)10-14-11-18(23)20-16-9-13(2)7-8-17(16)21(3,4)24-19(20)12-14/h7,11-12,15-17,22-23H,5-6,8-10H2,1-4H3/t15?,16-,17-/m1/s1. The summed E-state index contributed by atoms with van der Waals surface area (Å²) in [7, 11) is 0. The molecular weight excluding hydrogens is 300 g/mol. The lowest BCUT2D eigenvalue weighted by atomic mass is 9.67. The maximum Gasteiger partial charge on any atom is 0.127 e. The van der Waals surface area contributed by atoms with Crippen molar-refractivity contribution in [2.24, 2.45) is 5.92 Å². The number of hydrogen-bond donors (Lipinski definition) is 2. The number of aromatic hydroxyl groups is 1. The number of allylic oxidation sites excluding steroid dienone is 2. The van der Waals surface area contributed by atoms with Crippen LogP contribution in [-0.2, 0) is 6.42 Å². The Bertz CT molecular complexity index is 645. The van der Waals surface area contributed by atoms with Gasteiger partial charge in [-0.05, 0) is 64.2 Å². The molecular formula is C21H30O3. The van der Waals surface area contributed by atoms with Gasteiger partial charge in [-0.3, -0.25) is 0 Å². The van der Waals surface area contributed by atoms with E-state index in [0.29, 0.717) is 24.0 Å². The Morgan fingerprint density at radius 3 is 2.79 bits per heavy atom. The van der Waals surface area contributed by atoms with Gasteiger partial charge < -0.3 is 14.9 Å². The van der Waals surface area contributed by atoms with Crippen LogP contribution in [0.4, 0.5) is 0 Å². The number of phenolic OH excluding ortho intramolecular Hbond substituents is 1. The van der Waals surface area contributed by atoms with Crippen LogP contribution in [0.3, 0.4) is 0 Å². The maximum atomic E-state index is 10.7. The number of aliphatic hydroxyl groups excluding tert-OH is 1. The highest BCUT2D eigenvalue weighted by atomic mass is 16.5. The molecule has 0 bridgehead atoms. The Kier molecular flexibility index (Phi) is 4.65. The average molecular weight is 330 g/mol. The zero-order chi connectivity index (χ0) is 17.5. The van der Waals surface area contributed by atoms with Crippen LogP contribution in [0, 0.1) is 5.92 Å². The number of aliphatic hydroxyl groups is 1. The lowest BCUT2D eigenvalue weighted by Crippen LogP contribution is -2.45. The second-order valence-electron chi connectivity index (χ2n) is 8.08. The van der Waals surface area contributed by atoms with Gasteiger partial charge in [-0.25, -0.2) is 0 Å². The average Bonchev–Trinajstić information content (AvgIpc) is 2.45. The molecule has 1 heterocycles. The zero-order valence-electron chi connectivity index (χ0n) is 15.3. The topological polar surface area (TPSA) is 49.7 Å². The summed E-state index contributed by atoms with van der Waals surface area (Å²) in [5.74, 6) is 1.82. The van der Waals surface area contributed by atoms with E-state index in [4.69, 9.17) is 4.74 Å². The molecule has 3 heteroatoms. The first-order valence-corrected chi connectivity index (χ1v) is 9.20. The Morgan fingerprint density at radius 2 is 2.08 bits per heavy atom. The van der Waals surface area contributed by atoms with E-state index in [9.17, 15) is 10.2 Å². The fourth-order valence-corrected chi connectivity index (χ4v) is 4.45. The Labute approximate surface area is 145 Å². The number of benzene rings is 1. The number of fused-ring (bicyclic) bond motifs is 3. The lowest BCUT2D eigenvalue weighted by molar-refractivity contribution is 0.00748. The van der Waals surface area contributed by atoms with E-state index in [0.717, 1.165) is 42.6 Å². The van der Waals surface area contributed by atoms with E-state index in [1.54, 1.807) is 0 Å². The summed E-state index contributed by atoms with van der Waals surface area (Å²) >= 11 is 0. The van der Waals surface area contributed by atoms with E-state index in [-0.39, 0.29) is 11.7 Å². The van der Waals surface area contributed by atoms with Gasteiger partial charge in [-0.15, -0.1) is 0 Å². The van der Waals surface area contributed by atoms with Crippen molar-refractivity contribution in [3.63, 3.8) is 0 Å². The molecule has 0 aromatic heterocycles. The van der Waals surface area contributed by atoms with Crippen LogP contribution in [0.25, 0.3) is 0 Å². The van der Waals surface area contributed by atoms with E-state index in [1.165, 1.54) is 5.57 Å². The summed E-state index contributed by atoms with van der Waals surface area (Å²) in [6, 6.07) is 3.85. The highest BCUT2D eigenvalue weighted by Crippen LogP contribution is 2.54. The van der Waals surface area contributed by atoms with Crippen LogP contribution in [0.2, 0.25) is 0 Å². The molecule has 0 radical (unpaired) electrons. The van der Waals surface area contributed by atoms with Crippen LogP contribution in [0.5, 0.6) is 11.5 Å². The van der Waals surface area contributed by atoms with Crippen molar-refractivity contribution in [1.82, 2.24) is 0 Å². The molecule has 3 nitrogen and oxygen atoms in total. The third-order valence-corrected chi connectivity index (χ3v) is 5.66. The van der Waals surface area contributed by atoms with Crippen molar-refractivity contribution in [2.75, 3.05) is 0 Å². The summed E-state index contributed by atoms with van der Waals surface area (Å²) in [6.45, 7) is 8.54. The van der Waals surface area contributed by atoms with E-state index in [2.05, 4.69) is 33.8 Å². The molecule has 1 aromatic carbocycles. The molecule has 1 unspecified atom stereocenters. The van der Waals surface area contributed by atoms with Gasteiger partial charge in [0.2, 0.25) is 0 Å². The fourth-order valence-electron chi connectivity index (χ4n) is 4.45. The van der Waals surface area contributed by atoms with Crippen LogP contribution >= 0.6 is 0 Å². The van der Waals surface area contributed by atoms with Gasteiger partial charge in [0, 0.05) is 17.4 Å². The largest absolute Gasteiger partial charge is 0.508 e. The molecule has 0 fully saturated rings. The van der Waals surface area contributed by atoms with Gasteiger partial charge >= 0.3 is 0 Å². The molecule has 1 aliphatic carbocycles. The van der Waals surface area contributed by atoms with Crippen molar-refractivity contribution in [2.45, 2.75) is 77.4 Å². The smallest absolute Gasteiger partial charge is 0.127 e. The molecule has 24 heavy (non-hydrogen) atoms. The SMILES string of the molecule is CCCC(O)Cc1cc(O)c2c(c1)OC(C)(C)[C@@H]1CC=C(C)C[C@@H]21. The van der Waals surface area contributed by atoms with E-state index >= 15 is 0 Å². The minimum atomic E-state index is -0.364. The fraction of sp³-hybridized carbons (Fsp3) is 0.619. The molecule has 1 aromatic rings. The van der Waals surface area contributed by atoms with Crippen molar-refractivity contribution in [1.29, 1.82) is 0 Å². The molecule has 3 atom stereocenters. The minimum Gasteiger partial charge on any atom is -0.508 e. The quantitative estimate of drug-likeness (QED) is 0.786. The summed E-state index contributed by atoms with van der Waals surface area (Å²) in [5.41, 5.74) is 3.05. The highest BCUT2D eigenvalue weighted by molar-refractivity contribution is 5.52. The molecule has 1 aliphatic heterocycles. The highest BCUT2D eigenvalue weighted by Gasteiger charge is 2.45. The molecule has 2 aliphatic rings. The third kappa shape index (κ3) is 3.19. The molecule has 2 N–H and O–H groups in total. The molecule has 3 rings (SSSR count). The second kappa shape index (κ2) is 6.44. The van der Waals surface area contributed by atoms with Crippen molar-refractivity contribution in [3.8, 4) is 11.5 Å². The summed E-state index contributed by atoms with van der Waals surface area (Å²) in [4.78, 5) is 0. The molecule has 0 spiro atoms. The monoisotopic (exact) mass is 330 g/mol. The van der Waals surface area contributed by atoms with E-state index in [1.807, 2.05) is 12.1 Å². The number of rotatable bonds is 4. The van der Waals surface area contributed by atoms with E-state index < -0.39 is 0 Å². The van der Waals surface area contributed by atoms with Gasteiger partial charge in [0.15, 0.2) is 0 Å². The van der Waals surface area contributed by atoms with Crippen LogP contribution < -0.4 is 4.74 Å². The maximum absolute atomic E-state index is 10.7. The van der Waals surface area contributed by atoms with Gasteiger partial charge in [0.05, 0.1) is 6.10 Å².